The maximum Gasteiger partial charge on any atom is 0.182 e. The molecule has 3 aromatic rings. The van der Waals surface area contributed by atoms with Gasteiger partial charge >= 0.3 is 0 Å². The Bertz CT molecular complexity index is 889. The average Bonchev–Trinajstić information content (AvgIpc) is 3.16. The topological polar surface area (TPSA) is 43.4 Å². The highest BCUT2D eigenvalue weighted by molar-refractivity contribution is 9.10. The highest BCUT2D eigenvalue weighted by Gasteiger charge is 2.14. The molecular weight excluding hydrogens is 455 g/mol. The van der Waals surface area contributed by atoms with Gasteiger partial charge in [-0.25, -0.2) is 9.37 Å². The number of halogens is 3. The highest BCUT2D eigenvalue weighted by atomic mass is 79.9. The van der Waals surface area contributed by atoms with Crippen LogP contribution in [0.2, 0.25) is 5.02 Å². The number of ether oxygens (including phenoxy) is 2. The zero-order chi connectivity index (χ0) is 19.2. The third kappa shape index (κ3) is 5.12. The third-order valence-electron chi connectivity index (χ3n) is 3.71. The number of nitrogens with zero attached hydrogens (tertiary/aromatic N) is 1. The SMILES string of the molecule is CCOc1cc(CNc2nccs2)c(Br)cc1OCc1c(F)cccc1Cl. The highest BCUT2D eigenvalue weighted by Crippen LogP contribution is 2.35. The summed E-state index contributed by atoms with van der Waals surface area (Å²) in [5.41, 5.74) is 1.30. The molecule has 27 heavy (non-hydrogen) atoms. The minimum Gasteiger partial charge on any atom is -0.490 e. The molecule has 0 bridgehead atoms. The van der Waals surface area contributed by atoms with Gasteiger partial charge in [0.15, 0.2) is 16.6 Å². The fraction of sp³-hybridized carbons (Fsp3) is 0.211. The molecule has 1 aromatic heterocycles. The maximum atomic E-state index is 14.0. The van der Waals surface area contributed by atoms with Crippen molar-refractivity contribution in [3.63, 3.8) is 0 Å². The first-order chi connectivity index (χ1) is 13.1. The minimum absolute atomic E-state index is 0.00866. The van der Waals surface area contributed by atoms with E-state index in [0.717, 1.165) is 15.2 Å². The van der Waals surface area contributed by atoms with Crippen molar-refractivity contribution >= 4 is 44.0 Å². The summed E-state index contributed by atoms with van der Waals surface area (Å²) >= 11 is 11.2. The molecule has 0 radical (unpaired) electrons. The molecule has 0 atom stereocenters. The predicted molar refractivity (Wildman–Crippen MR) is 110 cm³/mol. The van der Waals surface area contributed by atoms with Gasteiger partial charge in [-0.3, -0.25) is 0 Å². The first-order valence-corrected chi connectivity index (χ1v) is 10.3. The van der Waals surface area contributed by atoms with Crippen molar-refractivity contribution in [2.45, 2.75) is 20.1 Å². The first-order valence-electron chi connectivity index (χ1n) is 8.22. The summed E-state index contributed by atoms with van der Waals surface area (Å²) in [5, 5.41) is 6.34. The number of hydrogen-bond donors (Lipinski definition) is 1. The van der Waals surface area contributed by atoms with Gasteiger partial charge in [0.1, 0.15) is 12.4 Å². The van der Waals surface area contributed by atoms with Crippen molar-refractivity contribution in [2.75, 3.05) is 11.9 Å². The lowest BCUT2D eigenvalue weighted by Crippen LogP contribution is -2.05. The summed E-state index contributed by atoms with van der Waals surface area (Å²) in [7, 11) is 0. The number of anilines is 1. The van der Waals surface area contributed by atoms with Crippen LogP contribution in [0.5, 0.6) is 11.5 Å². The van der Waals surface area contributed by atoms with Gasteiger partial charge in [-0.2, -0.15) is 0 Å². The molecule has 0 saturated heterocycles. The van der Waals surface area contributed by atoms with E-state index in [9.17, 15) is 4.39 Å². The first kappa shape index (κ1) is 19.9. The second-order valence-electron chi connectivity index (χ2n) is 5.50. The van der Waals surface area contributed by atoms with Crippen LogP contribution in [0, 0.1) is 5.82 Å². The second-order valence-corrected chi connectivity index (χ2v) is 7.66. The monoisotopic (exact) mass is 470 g/mol. The Hall–Kier alpha value is -1.83. The van der Waals surface area contributed by atoms with Gasteiger partial charge in [0, 0.05) is 28.2 Å². The van der Waals surface area contributed by atoms with Crippen LogP contribution in [0.1, 0.15) is 18.1 Å². The van der Waals surface area contributed by atoms with E-state index in [1.165, 1.54) is 17.4 Å². The van der Waals surface area contributed by atoms with E-state index in [1.807, 2.05) is 24.4 Å². The summed E-state index contributed by atoms with van der Waals surface area (Å²) in [6, 6.07) is 8.27. The van der Waals surface area contributed by atoms with Crippen LogP contribution in [0.15, 0.2) is 46.4 Å². The van der Waals surface area contributed by atoms with E-state index < -0.39 is 5.82 Å². The second kappa shape index (κ2) is 9.39. The summed E-state index contributed by atoms with van der Waals surface area (Å²) in [6.07, 6.45) is 1.75. The minimum atomic E-state index is -0.399. The summed E-state index contributed by atoms with van der Waals surface area (Å²) in [6.45, 7) is 2.97. The van der Waals surface area contributed by atoms with E-state index in [4.69, 9.17) is 21.1 Å². The van der Waals surface area contributed by atoms with Crippen LogP contribution in [-0.2, 0) is 13.2 Å². The Kier molecular flexibility index (Phi) is 6.93. The van der Waals surface area contributed by atoms with E-state index in [0.29, 0.717) is 35.2 Å². The Morgan fingerprint density at radius 1 is 1.26 bits per heavy atom. The maximum absolute atomic E-state index is 14.0. The van der Waals surface area contributed by atoms with Crippen molar-refractivity contribution in [2.24, 2.45) is 0 Å². The Morgan fingerprint density at radius 2 is 2.07 bits per heavy atom. The zero-order valence-corrected chi connectivity index (χ0v) is 17.6. The molecule has 0 fully saturated rings. The molecule has 1 N–H and O–H groups in total. The van der Waals surface area contributed by atoms with Crippen molar-refractivity contribution in [3.05, 3.63) is 68.3 Å². The largest absolute Gasteiger partial charge is 0.490 e. The van der Waals surface area contributed by atoms with E-state index >= 15 is 0 Å². The number of thiazole rings is 1. The normalized spacial score (nSPS) is 10.7. The van der Waals surface area contributed by atoms with E-state index in [1.54, 1.807) is 18.3 Å². The third-order valence-corrected chi connectivity index (χ3v) is 5.53. The smallest absolute Gasteiger partial charge is 0.182 e. The number of rotatable bonds is 8. The lowest BCUT2D eigenvalue weighted by Gasteiger charge is -2.16. The quantitative estimate of drug-likeness (QED) is 0.419. The molecule has 2 aromatic carbocycles. The average molecular weight is 472 g/mol. The Balaban J connectivity index is 1.78. The summed E-state index contributed by atoms with van der Waals surface area (Å²) < 4.78 is 26.3. The van der Waals surface area contributed by atoms with Gasteiger partial charge in [-0.05, 0) is 36.8 Å². The van der Waals surface area contributed by atoms with Gasteiger partial charge in [0.05, 0.1) is 11.6 Å². The van der Waals surface area contributed by atoms with Crippen LogP contribution >= 0.6 is 38.9 Å². The molecule has 0 aliphatic carbocycles. The van der Waals surface area contributed by atoms with Crippen LogP contribution in [0.25, 0.3) is 0 Å². The molecule has 0 spiro atoms. The molecule has 4 nitrogen and oxygen atoms in total. The van der Waals surface area contributed by atoms with E-state index in [2.05, 4.69) is 26.2 Å². The Morgan fingerprint density at radius 3 is 2.78 bits per heavy atom. The lowest BCUT2D eigenvalue weighted by atomic mass is 10.2. The summed E-state index contributed by atoms with van der Waals surface area (Å²) in [5.74, 6) is 0.703. The Labute approximate surface area is 174 Å². The molecule has 0 unspecified atom stereocenters. The standard InChI is InChI=1S/C19H17BrClFN2O2S/c1-2-25-17-8-12(10-24-19-23-6-7-27-19)14(20)9-18(17)26-11-13-15(21)4-3-5-16(13)22/h3-9H,2,10-11H2,1H3,(H,23,24). The van der Waals surface area contributed by atoms with Gasteiger partial charge in [-0.1, -0.05) is 33.6 Å². The molecule has 8 heteroatoms. The number of benzene rings is 2. The van der Waals surface area contributed by atoms with Crippen LogP contribution in [0.3, 0.4) is 0 Å². The number of nitrogens with one attached hydrogen (secondary N) is 1. The number of hydrogen-bond acceptors (Lipinski definition) is 5. The fourth-order valence-corrected chi connectivity index (χ4v) is 3.60. The van der Waals surface area contributed by atoms with Crippen molar-refractivity contribution in [1.29, 1.82) is 0 Å². The van der Waals surface area contributed by atoms with E-state index in [-0.39, 0.29) is 6.61 Å². The fourth-order valence-electron chi connectivity index (χ4n) is 2.40. The predicted octanol–water partition coefficient (Wildman–Crippen LogP) is 6.29. The molecule has 0 saturated carbocycles. The number of aromatic nitrogens is 1. The van der Waals surface area contributed by atoms with Gasteiger partial charge in [-0.15, -0.1) is 11.3 Å². The van der Waals surface area contributed by atoms with Crippen molar-refractivity contribution in [3.8, 4) is 11.5 Å². The van der Waals surface area contributed by atoms with Crippen LogP contribution < -0.4 is 14.8 Å². The van der Waals surface area contributed by atoms with Crippen molar-refractivity contribution < 1.29 is 13.9 Å². The molecule has 0 aliphatic heterocycles. The van der Waals surface area contributed by atoms with Crippen molar-refractivity contribution in [1.82, 2.24) is 4.98 Å². The molecule has 0 aliphatic rings. The summed E-state index contributed by atoms with van der Waals surface area (Å²) in [4.78, 5) is 4.20. The van der Waals surface area contributed by atoms with Crippen LogP contribution in [-0.4, -0.2) is 11.6 Å². The molecule has 142 valence electrons. The molecule has 1 heterocycles. The van der Waals surface area contributed by atoms with Gasteiger partial charge in [0.25, 0.3) is 0 Å². The molecular formula is C19H17BrClFN2O2S. The molecule has 3 rings (SSSR count). The lowest BCUT2D eigenvalue weighted by molar-refractivity contribution is 0.265. The van der Waals surface area contributed by atoms with Gasteiger partial charge in [0.2, 0.25) is 0 Å². The van der Waals surface area contributed by atoms with Crippen LogP contribution in [0.4, 0.5) is 9.52 Å². The molecule has 0 amide bonds. The van der Waals surface area contributed by atoms with Gasteiger partial charge < -0.3 is 14.8 Å². The zero-order valence-electron chi connectivity index (χ0n) is 14.5.